The average Bonchev–Trinajstić information content (AvgIpc) is 2.95. The Morgan fingerprint density at radius 1 is 1.14 bits per heavy atom. The summed E-state index contributed by atoms with van der Waals surface area (Å²) in [6.07, 6.45) is -3.67. The molecule has 1 heterocycles. The molecule has 5 nitrogen and oxygen atoms in total. The number of ether oxygens (including phenoxy) is 1. The van der Waals surface area contributed by atoms with Gasteiger partial charge in [0.2, 0.25) is 0 Å². The van der Waals surface area contributed by atoms with Gasteiger partial charge in [0.25, 0.3) is 5.91 Å². The summed E-state index contributed by atoms with van der Waals surface area (Å²) >= 11 is 0. The molecular formula is C21H20F3N3O2. The number of hydrogen-bond acceptors (Lipinski definition) is 3. The molecule has 0 bridgehead atoms. The van der Waals surface area contributed by atoms with E-state index in [4.69, 9.17) is 4.74 Å². The summed E-state index contributed by atoms with van der Waals surface area (Å²) in [5, 5.41) is 7.14. The van der Waals surface area contributed by atoms with Gasteiger partial charge in [-0.05, 0) is 49.7 Å². The highest BCUT2D eigenvalue weighted by atomic mass is 19.4. The van der Waals surface area contributed by atoms with E-state index in [9.17, 15) is 18.0 Å². The van der Waals surface area contributed by atoms with Crippen LogP contribution in [0.3, 0.4) is 0 Å². The van der Waals surface area contributed by atoms with Crippen LogP contribution in [0.1, 0.15) is 34.2 Å². The first kappa shape index (κ1) is 20.4. The molecule has 29 heavy (non-hydrogen) atoms. The second-order valence-corrected chi connectivity index (χ2v) is 6.50. The molecule has 1 amide bonds. The molecule has 1 aromatic heterocycles. The lowest BCUT2D eigenvalue weighted by molar-refractivity contribution is -0.137. The van der Waals surface area contributed by atoms with E-state index in [-0.39, 0.29) is 11.7 Å². The van der Waals surface area contributed by atoms with E-state index in [0.717, 1.165) is 29.8 Å². The average molecular weight is 403 g/mol. The number of nitrogens with zero attached hydrogens (tertiary/aromatic N) is 2. The fourth-order valence-electron chi connectivity index (χ4n) is 3.01. The summed E-state index contributed by atoms with van der Waals surface area (Å²) in [7, 11) is 1.71. The lowest BCUT2D eigenvalue weighted by atomic mass is 10.1. The normalized spacial score (nSPS) is 11.4. The number of nitrogens with one attached hydrogen (secondary N) is 1. The third-order valence-electron chi connectivity index (χ3n) is 4.44. The summed E-state index contributed by atoms with van der Waals surface area (Å²) in [6.45, 7) is 3.82. The van der Waals surface area contributed by atoms with Gasteiger partial charge in [-0.15, -0.1) is 0 Å². The molecular weight excluding hydrogens is 383 g/mol. The molecule has 0 aliphatic carbocycles. The number of benzene rings is 2. The van der Waals surface area contributed by atoms with Crippen molar-refractivity contribution in [2.45, 2.75) is 26.4 Å². The van der Waals surface area contributed by atoms with Crippen LogP contribution in [0.25, 0.3) is 0 Å². The van der Waals surface area contributed by atoms with Crippen LogP contribution in [0.5, 0.6) is 11.5 Å². The first-order valence-electron chi connectivity index (χ1n) is 8.98. The SMILES string of the molecule is CCc1nn(C)c(C(=O)Nc2cccc(Oc3ccc(C(F)(F)F)cc3)c2)c1C. The summed E-state index contributed by atoms with van der Waals surface area (Å²) < 4.78 is 45.1. The number of aryl methyl sites for hydroxylation is 2. The number of carbonyl (C=O) groups excluding carboxylic acids is 1. The number of carbonyl (C=O) groups is 1. The number of rotatable bonds is 5. The molecule has 0 radical (unpaired) electrons. The monoisotopic (exact) mass is 403 g/mol. The lowest BCUT2D eigenvalue weighted by Gasteiger charge is -2.11. The van der Waals surface area contributed by atoms with Crippen molar-refractivity contribution in [3.63, 3.8) is 0 Å². The molecule has 0 aliphatic heterocycles. The Labute approximate surface area is 166 Å². The standard InChI is InChI=1S/C21H20F3N3O2/c1-4-18-13(2)19(27(3)26-18)20(28)25-15-6-5-7-17(12-15)29-16-10-8-14(9-11-16)21(22,23)24/h5-12H,4H2,1-3H3,(H,25,28). The van der Waals surface area contributed by atoms with Gasteiger partial charge in [0.15, 0.2) is 0 Å². The van der Waals surface area contributed by atoms with Crippen LogP contribution in [-0.4, -0.2) is 15.7 Å². The van der Waals surface area contributed by atoms with Gasteiger partial charge in [0, 0.05) is 24.4 Å². The van der Waals surface area contributed by atoms with Gasteiger partial charge >= 0.3 is 6.18 Å². The zero-order valence-corrected chi connectivity index (χ0v) is 16.2. The third-order valence-corrected chi connectivity index (χ3v) is 4.44. The van der Waals surface area contributed by atoms with Crippen molar-refractivity contribution in [2.24, 2.45) is 7.05 Å². The largest absolute Gasteiger partial charge is 0.457 e. The van der Waals surface area contributed by atoms with Crippen molar-refractivity contribution in [1.82, 2.24) is 9.78 Å². The Morgan fingerprint density at radius 3 is 2.41 bits per heavy atom. The molecule has 0 aliphatic rings. The van der Waals surface area contributed by atoms with Crippen molar-refractivity contribution < 1.29 is 22.7 Å². The second-order valence-electron chi connectivity index (χ2n) is 6.50. The molecule has 152 valence electrons. The minimum atomic E-state index is -4.40. The Hall–Kier alpha value is -3.29. The van der Waals surface area contributed by atoms with Crippen LogP contribution in [0.2, 0.25) is 0 Å². The molecule has 0 saturated heterocycles. The van der Waals surface area contributed by atoms with Gasteiger partial charge in [-0.3, -0.25) is 9.48 Å². The van der Waals surface area contributed by atoms with E-state index < -0.39 is 11.7 Å². The van der Waals surface area contributed by atoms with Crippen LogP contribution in [0, 0.1) is 6.92 Å². The van der Waals surface area contributed by atoms with Gasteiger partial charge < -0.3 is 10.1 Å². The maximum absolute atomic E-state index is 12.7. The molecule has 0 unspecified atom stereocenters. The second kappa shape index (κ2) is 7.98. The van der Waals surface area contributed by atoms with Crippen LogP contribution in [-0.2, 0) is 19.6 Å². The lowest BCUT2D eigenvalue weighted by Crippen LogP contribution is -2.17. The first-order valence-corrected chi connectivity index (χ1v) is 8.98. The molecule has 0 saturated carbocycles. The minimum Gasteiger partial charge on any atom is -0.457 e. The zero-order chi connectivity index (χ0) is 21.2. The molecule has 2 aromatic carbocycles. The van der Waals surface area contributed by atoms with Crippen molar-refractivity contribution in [3.8, 4) is 11.5 Å². The van der Waals surface area contributed by atoms with E-state index >= 15 is 0 Å². The smallest absolute Gasteiger partial charge is 0.416 e. The molecule has 8 heteroatoms. The number of halogens is 3. The summed E-state index contributed by atoms with van der Waals surface area (Å²) in [5.41, 5.74) is 1.90. The topological polar surface area (TPSA) is 56.2 Å². The van der Waals surface area contributed by atoms with Gasteiger partial charge in [0.1, 0.15) is 17.2 Å². The van der Waals surface area contributed by atoms with Crippen molar-refractivity contribution in [3.05, 3.63) is 71.0 Å². The first-order chi connectivity index (χ1) is 13.7. The van der Waals surface area contributed by atoms with E-state index in [1.165, 1.54) is 12.1 Å². The van der Waals surface area contributed by atoms with Gasteiger partial charge in [-0.1, -0.05) is 13.0 Å². The molecule has 1 N–H and O–H groups in total. The quantitative estimate of drug-likeness (QED) is 0.624. The van der Waals surface area contributed by atoms with Gasteiger partial charge in [-0.2, -0.15) is 18.3 Å². The van der Waals surface area contributed by atoms with Crippen molar-refractivity contribution in [1.29, 1.82) is 0 Å². The fourth-order valence-corrected chi connectivity index (χ4v) is 3.01. The van der Waals surface area contributed by atoms with E-state index in [1.807, 2.05) is 13.8 Å². The number of alkyl halides is 3. The highest BCUT2D eigenvalue weighted by molar-refractivity contribution is 6.04. The van der Waals surface area contributed by atoms with E-state index in [1.54, 1.807) is 36.0 Å². The minimum absolute atomic E-state index is 0.261. The van der Waals surface area contributed by atoms with E-state index in [0.29, 0.717) is 17.1 Å². The maximum Gasteiger partial charge on any atom is 0.416 e. The summed E-state index contributed by atoms with van der Waals surface area (Å²) in [4.78, 5) is 12.7. The van der Waals surface area contributed by atoms with Crippen LogP contribution >= 0.6 is 0 Å². The Balaban J connectivity index is 1.75. The molecule has 0 spiro atoms. The van der Waals surface area contributed by atoms with Crippen LogP contribution in [0.15, 0.2) is 48.5 Å². The molecule has 3 aromatic rings. The Bertz CT molecular complexity index is 1020. The highest BCUT2D eigenvalue weighted by Crippen LogP contribution is 2.31. The van der Waals surface area contributed by atoms with Crippen LogP contribution in [0.4, 0.5) is 18.9 Å². The molecule has 0 fully saturated rings. The van der Waals surface area contributed by atoms with Crippen molar-refractivity contribution >= 4 is 11.6 Å². The number of amides is 1. The van der Waals surface area contributed by atoms with E-state index in [2.05, 4.69) is 10.4 Å². The summed E-state index contributed by atoms with van der Waals surface area (Å²) in [6, 6.07) is 11.0. The zero-order valence-electron chi connectivity index (χ0n) is 16.2. The number of hydrogen-bond donors (Lipinski definition) is 1. The molecule has 0 atom stereocenters. The maximum atomic E-state index is 12.7. The predicted molar refractivity (Wildman–Crippen MR) is 103 cm³/mol. The van der Waals surface area contributed by atoms with Crippen molar-refractivity contribution in [2.75, 3.05) is 5.32 Å². The molecule has 3 rings (SSSR count). The number of anilines is 1. The Kier molecular flexibility index (Phi) is 5.63. The van der Waals surface area contributed by atoms with Crippen LogP contribution < -0.4 is 10.1 Å². The Morgan fingerprint density at radius 2 is 1.83 bits per heavy atom. The van der Waals surface area contributed by atoms with Gasteiger partial charge in [-0.25, -0.2) is 0 Å². The number of aromatic nitrogens is 2. The third kappa shape index (κ3) is 4.59. The summed E-state index contributed by atoms with van der Waals surface area (Å²) in [5.74, 6) is 0.346. The highest BCUT2D eigenvalue weighted by Gasteiger charge is 2.30. The van der Waals surface area contributed by atoms with Gasteiger partial charge in [0.05, 0.1) is 11.3 Å². The fraction of sp³-hybridized carbons (Fsp3) is 0.238. The predicted octanol–water partition coefficient (Wildman–Crippen LogP) is 5.35.